The Labute approximate surface area is 122 Å². The Kier molecular flexibility index (Phi) is 6.19. The number of amides is 2. The maximum absolute atomic E-state index is 11.7. The second kappa shape index (κ2) is 7.88. The molecule has 0 fully saturated rings. The van der Waals surface area contributed by atoms with Crippen molar-refractivity contribution >= 4 is 18.0 Å². The molecule has 0 bridgehead atoms. The number of carbonyl (C=O) groups excluding carboxylic acids is 2. The van der Waals surface area contributed by atoms with Crippen LogP contribution in [0.25, 0.3) is 0 Å². The zero-order chi connectivity index (χ0) is 15.8. The number of esters is 1. The quantitative estimate of drug-likeness (QED) is 0.664. The van der Waals surface area contributed by atoms with Crippen LogP contribution in [0.1, 0.15) is 12.5 Å². The monoisotopic (exact) mass is 294 g/mol. The van der Waals surface area contributed by atoms with Gasteiger partial charge in [-0.05, 0) is 12.5 Å². The molecule has 1 rings (SSSR count). The fraction of sp³-hybridized carbons (Fsp3) is 0.357. The smallest absolute Gasteiger partial charge is 0.328 e. The summed E-state index contributed by atoms with van der Waals surface area (Å²) < 4.78 is 4.46. The Morgan fingerprint density at radius 1 is 1.19 bits per heavy atom. The standard InChI is InChI=1S/C14H18N2O5/c1-9(13(19)21-2)15-14(20)16-11(12(17)18)8-10-6-4-3-5-7-10/h3-7,9,11H,8H2,1-2H3,(H,17,18)(H2,15,16,20)/t9?,11-/m1/s1. The van der Waals surface area contributed by atoms with E-state index >= 15 is 0 Å². The number of benzene rings is 1. The van der Waals surface area contributed by atoms with Crippen LogP contribution in [0.2, 0.25) is 0 Å². The van der Waals surface area contributed by atoms with Gasteiger partial charge in [0.15, 0.2) is 0 Å². The molecule has 0 aliphatic rings. The summed E-state index contributed by atoms with van der Waals surface area (Å²) in [5, 5.41) is 13.8. The number of aliphatic carboxylic acids is 1. The van der Waals surface area contributed by atoms with Gasteiger partial charge < -0.3 is 20.5 Å². The molecule has 0 aliphatic carbocycles. The van der Waals surface area contributed by atoms with Crippen molar-refractivity contribution in [2.24, 2.45) is 0 Å². The first-order valence-corrected chi connectivity index (χ1v) is 6.35. The minimum atomic E-state index is -1.15. The second-order valence-electron chi connectivity index (χ2n) is 4.44. The lowest BCUT2D eigenvalue weighted by molar-refractivity contribution is -0.142. The van der Waals surface area contributed by atoms with Gasteiger partial charge in [0.1, 0.15) is 12.1 Å². The van der Waals surface area contributed by atoms with E-state index in [-0.39, 0.29) is 6.42 Å². The van der Waals surface area contributed by atoms with Crippen LogP contribution in [0, 0.1) is 0 Å². The molecular weight excluding hydrogens is 276 g/mol. The summed E-state index contributed by atoms with van der Waals surface area (Å²) >= 11 is 0. The molecule has 0 heterocycles. The number of rotatable bonds is 6. The Balaban J connectivity index is 2.60. The van der Waals surface area contributed by atoms with Crippen LogP contribution in [-0.2, 0) is 20.7 Å². The molecule has 1 aromatic carbocycles. The molecule has 1 aromatic rings. The zero-order valence-electron chi connectivity index (χ0n) is 11.8. The van der Waals surface area contributed by atoms with E-state index in [4.69, 9.17) is 5.11 Å². The summed E-state index contributed by atoms with van der Waals surface area (Å²) in [4.78, 5) is 34.0. The lowest BCUT2D eigenvalue weighted by Gasteiger charge is -2.17. The number of methoxy groups -OCH3 is 1. The van der Waals surface area contributed by atoms with Crippen molar-refractivity contribution in [3.8, 4) is 0 Å². The van der Waals surface area contributed by atoms with E-state index in [0.717, 1.165) is 5.56 Å². The van der Waals surface area contributed by atoms with Gasteiger partial charge >= 0.3 is 18.0 Å². The Hall–Kier alpha value is -2.57. The van der Waals surface area contributed by atoms with Gasteiger partial charge in [-0.15, -0.1) is 0 Å². The third kappa shape index (κ3) is 5.52. The van der Waals surface area contributed by atoms with Crippen molar-refractivity contribution in [3.63, 3.8) is 0 Å². The van der Waals surface area contributed by atoms with Crippen molar-refractivity contribution in [2.45, 2.75) is 25.4 Å². The molecule has 0 aliphatic heterocycles. The number of hydrogen-bond acceptors (Lipinski definition) is 4. The molecule has 2 atom stereocenters. The SMILES string of the molecule is COC(=O)C(C)NC(=O)N[C@H](Cc1ccccc1)C(=O)O. The van der Waals surface area contributed by atoms with Crippen LogP contribution >= 0.6 is 0 Å². The van der Waals surface area contributed by atoms with Crippen LogP contribution in [0.3, 0.4) is 0 Å². The Morgan fingerprint density at radius 3 is 2.33 bits per heavy atom. The van der Waals surface area contributed by atoms with Crippen LogP contribution in [-0.4, -0.2) is 42.3 Å². The van der Waals surface area contributed by atoms with Gasteiger partial charge in [-0.25, -0.2) is 14.4 Å². The largest absolute Gasteiger partial charge is 0.480 e. The number of urea groups is 1. The van der Waals surface area contributed by atoms with E-state index < -0.39 is 30.1 Å². The molecule has 21 heavy (non-hydrogen) atoms. The molecule has 0 saturated heterocycles. The van der Waals surface area contributed by atoms with Crippen molar-refractivity contribution < 1.29 is 24.2 Å². The van der Waals surface area contributed by atoms with E-state index in [0.29, 0.717) is 0 Å². The highest BCUT2D eigenvalue weighted by molar-refractivity contribution is 5.86. The van der Waals surface area contributed by atoms with Crippen molar-refractivity contribution in [3.05, 3.63) is 35.9 Å². The lowest BCUT2D eigenvalue weighted by Crippen LogP contribution is -2.51. The minimum Gasteiger partial charge on any atom is -0.480 e. The zero-order valence-corrected chi connectivity index (χ0v) is 11.8. The molecule has 7 nitrogen and oxygen atoms in total. The first-order chi connectivity index (χ1) is 9.93. The highest BCUT2D eigenvalue weighted by Crippen LogP contribution is 2.03. The fourth-order valence-electron chi connectivity index (χ4n) is 1.68. The molecule has 1 unspecified atom stereocenters. The number of hydrogen-bond donors (Lipinski definition) is 3. The molecule has 0 radical (unpaired) electrons. The first kappa shape index (κ1) is 16.5. The van der Waals surface area contributed by atoms with E-state index in [9.17, 15) is 14.4 Å². The molecule has 7 heteroatoms. The third-order valence-electron chi connectivity index (χ3n) is 2.79. The summed E-state index contributed by atoms with van der Waals surface area (Å²) in [7, 11) is 1.20. The van der Waals surface area contributed by atoms with Gasteiger partial charge in [0.25, 0.3) is 0 Å². The topological polar surface area (TPSA) is 105 Å². The summed E-state index contributed by atoms with van der Waals surface area (Å²) in [6.45, 7) is 1.44. The average Bonchev–Trinajstić information content (AvgIpc) is 2.46. The number of carboxylic acids is 1. The highest BCUT2D eigenvalue weighted by atomic mass is 16.5. The van der Waals surface area contributed by atoms with Crippen molar-refractivity contribution in [2.75, 3.05) is 7.11 Å². The van der Waals surface area contributed by atoms with Gasteiger partial charge in [-0.1, -0.05) is 30.3 Å². The molecule has 3 N–H and O–H groups in total. The predicted octanol–water partition coefficient (Wildman–Crippen LogP) is 0.543. The summed E-state index contributed by atoms with van der Waals surface area (Å²) in [5.74, 6) is -1.76. The van der Waals surface area contributed by atoms with E-state index in [2.05, 4.69) is 15.4 Å². The highest BCUT2D eigenvalue weighted by Gasteiger charge is 2.22. The number of carboxylic acid groups (broad SMARTS) is 1. The molecule has 2 amide bonds. The molecule has 114 valence electrons. The molecule has 0 saturated carbocycles. The van der Waals surface area contributed by atoms with Crippen LogP contribution in [0.15, 0.2) is 30.3 Å². The lowest BCUT2D eigenvalue weighted by atomic mass is 10.1. The van der Waals surface area contributed by atoms with Gasteiger partial charge in [0.2, 0.25) is 0 Å². The first-order valence-electron chi connectivity index (χ1n) is 6.35. The number of ether oxygens (including phenoxy) is 1. The maximum atomic E-state index is 11.7. The average molecular weight is 294 g/mol. The van der Waals surface area contributed by atoms with Gasteiger partial charge in [0.05, 0.1) is 7.11 Å². The summed E-state index contributed by atoms with van der Waals surface area (Å²) in [6.07, 6.45) is 0.149. The fourth-order valence-corrected chi connectivity index (χ4v) is 1.68. The summed E-state index contributed by atoms with van der Waals surface area (Å²) in [5.41, 5.74) is 0.784. The summed E-state index contributed by atoms with van der Waals surface area (Å²) in [6, 6.07) is 6.24. The number of carbonyl (C=O) groups is 3. The maximum Gasteiger partial charge on any atom is 0.328 e. The second-order valence-corrected chi connectivity index (χ2v) is 4.44. The molecule has 0 aromatic heterocycles. The van der Waals surface area contributed by atoms with E-state index in [1.54, 1.807) is 24.3 Å². The predicted molar refractivity (Wildman–Crippen MR) is 74.7 cm³/mol. The molecule has 0 spiro atoms. The van der Waals surface area contributed by atoms with Gasteiger partial charge in [0, 0.05) is 6.42 Å². The van der Waals surface area contributed by atoms with Crippen molar-refractivity contribution in [1.29, 1.82) is 0 Å². The Bertz CT molecular complexity index is 503. The van der Waals surface area contributed by atoms with Gasteiger partial charge in [-0.3, -0.25) is 0 Å². The molecular formula is C14H18N2O5. The van der Waals surface area contributed by atoms with Crippen molar-refractivity contribution in [1.82, 2.24) is 10.6 Å². The normalized spacial score (nSPS) is 12.9. The minimum absolute atomic E-state index is 0.149. The Morgan fingerprint density at radius 2 is 1.81 bits per heavy atom. The van der Waals surface area contributed by atoms with E-state index in [1.807, 2.05) is 6.07 Å². The van der Waals surface area contributed by atoms with Gasteiger partial charge in [-0.2, -0.15) is 0 Å². The van der Waals surface area contributed by atoms with E-state index in [1.165, 1.54) is 14.0 Å². The van der Waals surface area contributed by atoms with Crippen LogP contribution < -0.4 is 10.6 Å². The third-order valence-corrected chi connectivity index (χ3v) is 2.79. The van der Waals surface area contributed by atoms with Crippen LogP contribution in [0.4, 0.5) is 4.79 Å². The van der Waals surface area contributed by atoms with Crippen LogP contribution in [0.5, 0.6) is 0 Å². The number of nitrogens with one attached hydrogen (secondary N) is 2.